The second-order valence-corrected chi connectivity index (χ2v) is 7.71. The molecule has 0 aliphatic heterocycles. The van der Waals surface area contributed by atoms with Gasteiger partial charge in [0.1, 0.15) is 5.60 Å². The summed E-state index contributed by atoms with van der Waals surface area (Å²) >= 11 is 5.73. The molecule has 6 heteroatoms. The van der Waals surface area contributed by atoms with E-state index in [1.54, 1.807) is 12.0 Å². The van der Waals surface area contributed by atoms with Crippen LogP contribution in [0.15, 0.2) is 22.7 Å². The van der Waals surface area contributed by atoms with Crippen molar-refractivity contribution in [1.29, 1.82) is 0 Å². The van der Waals surface area contributed by atoms with Crippen molar-refractivity contribution >= 4 is 44.6 Å². The molecule has 21 heavy (non-hydrogen) atoms. The van der Waals surface area contributed by atoms with Crippen LogP contribution in [0.2, 0.25) is 0 Å². The molecule has 0 saturated carbocycles. The summed E-state index contributed by atoms with van der Waals surface area (Å²) in [6.07, 6.45) is -0.324. The van der Waals surface area contributed by atoms with Gasteiger partial charge < -0.3 is 14.4 Å². The predicted molar refractivity (Wildman–Crippen MR) is 95.4 cm³/mol. The van der Waals surface area contributed by atoms with Crippen molar-refractivity contribution in [3.05, 3.63) is 31.8 Å². The second kappa shape index (κ2) is 8.33. The van der Waals surface area contributed by atoms with E-state index in [1.165, 1.54) is 0 Å². The Kier molecular flexibility index (Phi) is 7.42. The highest BCUT2D eigenvalue weighted by Crippen LogP contribution is 2.21. The van der Waals surface area contributed by atoms with E-state index in [-0.39, 0.29) is 6.09 Å². The van der Waals surface area contributed by atoms with Gasteiger partial charge in [-0.05, 0) is 67.1 Å². The smallest absolute Gasteiger partial charge is 0.410 e. The maximum Gasteiger partial charge on any atom is 0.410 e. The molecule has 0 saturated heterocycles. The van der Waals surface area contributed by atoms with Crippen LogP contribution in [0.25, 0.3) is 0 Å². The van der Waals surface area contributed by atoms with Gasteiger partial charge in [0.25, 0.3) is 0 Å². The van der Waals surface area contributed by atoms with Crippen LogP contribution in [0.5, 0.6) is 0 Å². The lowest BCUT2D eigenvalue weighted by Crippen LogP contribution is -2.38. The fourth-order valence-corrected chi connectivity index (χ4v) is 2.55. The number of carbonyl (C=O) groups is 1. The van der Waals surface area contributed by atoms with Crippen LogP contribution in [-0.4, -0.2) is 36.9 Å². The molecular weight excluding hydrogens is 449 g/mol. The molecule has 1 aromatic carbocycles. The van der Waals surface area contributed by atoms with Crippen LogP contribution in [0.3, 0.4) is 0 Å². The Hall–Kier alpha value is -0.340. The Morgan fingerprint density at radius 2 is 2.05 bits per heavy atom. The van der Waals surface area contributed by atoms with E-state index >= 15 is 0 Å². The average Bonchev–Trinajstić information content (AvgIpc) is 2.36. The fraction of sp³-hybridized carbons (Fsp3) is 0.533. The van der Waals surface area contributed by atoms with Gasteiger partial charge in [-0.15, -0.1) is 0 Å². The molecule has 0 aliphatic carbocycles. The summed E-state index contributed by atoms with van der Waals surface area (Å²) in [6.45, 7) is 7.06. The van der Waals surface area contributed by atoms with Gasteiger partial charge >= 0.3 is 6.09 Å². The summed E-state index contributed by atoms with van der Waals surface area (Å²) in [7, 11) is 1.62. The van der Waals surface area contributed by atoms with Crippen molar-refractivity contribution in [2.24, 2.45) is 0 Å². The summed E-state index contributed by atoms with van der Waals surface area (Å²) in [4.78, 5) is 14.0. The molecule has 0 unspecified atom stereocenters. The van der Waals surface area contributed by atoms with Gasteiger partial charge in [-0.1, -0.05) is 15.9 Å². The Bertz CT molecular complexity index is 488. The Balaban J connectivity index is 2.87. The molecular formula is C15H21BrINO3. The molecule has 118 valence electrons. The summed E-state index contributed by atoms with van der Waals surface area (Å²) in [5.41, 5.74) is 0.569. The van der Waals surface area contributed by atoms with E-state index in [1.807, 2.05) is 39.0 Å². The minimum absolute atomic E-state index is 0.324. The first-order valence-electron chi connectivity index (χ1n) is 6.63. The van der Waals surface area contributed by atoms with Crippen LogP contribution < -0.4 is 0 Å². The molecule has 0 fully saturated rings. The van der Waals surface area contributed by atoms with E-state index in [4.69, 9.17) is 9.47 Å². The largest absolute Gasteiger partial charge is 0.444 e. The van der Waals surface area contributed by atoms with Crippen LogP contribution in [0.1, 0.15) is 26.3 Å². The third-order valence-corrected chi connectivity index (χ3v) is 4.13. The average molecular weight is 470 g/mol. The number of rotatable bonds is 5. The normalized spacial score (nSPS) is 11.3. The summed E-state index contributed by atoms with van der Waals surface area (Å²) in [6, 6.07) is 6.02. The fourth-order valence-electron chi connectivity index (χ4n) is 1.63. The molecule has 0 radical (unpaired) electrons. The van der Waals surface area contributed by atoms with Crippen molar-refractivity contribution in [1.82, 2.24) is 4.90 Å². The highest BCUT2D eigenvalue weighted by Gasteiger charge is 2.22. The van der Waals surface area contributed by atoms with Crippen molar-refractivity contribution in [2.75, 3.05) is 20.3 Å². The molecule has 0 spiro atoms. The van der Waals surface area contributed by atoms with Crippen LogP contribution >= 0.6 is 38.5 Å². The molecule has 0 aromatic heterocycles. The molecule has 0 atom stereocenters. The second-order valence-electron chi connectivity index (χ2n) is 5.63. The number of nitrogens with zero attached hydrogens (tertiary/aromatic N) is 1. The van der Waals surface area contributed by atoms with Gasteiger partial charge in [0.2, 0.25) is 0 Å². The predicted octanol–water partition coefficient (Wildman–Crippen LogP) is 4.44. The Labute approximate surface area is 148 Å². The minimum atomic E-state index is -0.507. The van der Waals surface area contributed by atoms with Gasteiger partial charge in [0, 0.05) is 21.7 Å². The number of amides is 1. The Morgan fingerprint density at radius 3 is 2.62 bits per heavy atom. The number of benzene rings is 1. The zero-order valence-corrected chi connectivity index (χ0v) is 16.5. The highest BCUT2D eigenvalue weighted by atomic mass is 127. The van der Waals surface area contributed by atoms with Gasteiger partial charge in [0.05, 0.1) is 13.2 Å². The third-order valence-electron chi connectivity index (χ3n) is 2.59. The van der Waals surface area contributed by atoms with Gasteiger partial charge in [-0.25, -0.2) is 4.79 Å². The molecule has 0 bridgehead atoms. The SMILES string of the molecule is COCCN(Cc1cc(Br)ccc1I)C(=O)OC(C)(C)C. The summed E-state index contributed by atoms with van der Waals surface area (Å²) in [5.74, 6) is 0. The molecule has 1 rings (SSSR count). The first-order valence-corrected chi connectivity index (χ1v) is 8.51. The third kappa shape index (κ3) is 6.97. The van der Waals surface area contributed by atoms with Gasteiger partial charge in [-0.2, -0.15) is 0 Å². The van der Waals surface area contributed by atoms with Crippen molar-refractivity contribution in [2.45, 2.75) is 32.9 Å². The molecule has 0 aliphatic rings. The topological polar surface area (TPSA) is 38.8 Å². The number of methoxy groups -OCH3 is 1. The molecule has 1 aromatic rings. The van der Waals surface area contributed by atoms with Gasteiger partial charge in [0.15, 0.2) is 0 Å². The van der Waals surface area contributed by atoms with Crippen molar-refractivity contribution in [3.8, 4) is 0 Å². The lowest BCUT2D eigenvalue weighted by molar-refractivity contribution is 0.0183. The number of halogens is 2. The van der Waals surface area contributed by atoms with Crippen LogP contribution in [0.4, 0.5) is 4.79 Å². The minimum Gasteiger partial charge on any atom is -0.444 e. The van der Waals surface area contributed by atoms with E-state index in [0.29, 0.717) is 19.7 Å². The van der Waals surface area contributed by atoms with Crippen LogP contribution in [0, 0.1) is 3.57 Å². The number of hydrogen-bond acceptors (Lipinski definition) is 3. The zero-order chi connectivity index (χ0) is 16.0. The number of carbonyl (C=O) groups excluding carboxylic acids is 1. The number of ether oxygens (including phenoxy) is 2. The maximum atomic E-state index is 12.3. The molecule has 1 amide bonds. The maximum absolute atomic E-state index is 12.3. The molecule has 0 N–H and O–H groups in total. The first kappa shape index (κ1) is 18.7. The van der Waals surface area contributed by atoms with E-state index < -0.39 is 5.60 Å². The quantitative estimate of drug-likeness (QED) is 0.598. The first-order chi connectivity index (χ1) is 9.73. The monoisotopic (exact) mass is 469 g/mol. The summed E-state index contributed by atoms with van der Waals surface area (Å²) in [5, 5.41) is 0. The Morgan fingerprint density at radius 1 is 1.38 bits per heavy atom. The lowest BCUT2D eigenvalue weighted by Gasteiger charge is -2.27. The van der Waals surface area contributed by atoms with E-state index in [0.717, 1.165) is 13.6 Å². The number of hydrogen-bond donors (Lipinski definition) is 0. The lowest BCUT2D eigenvalue weighted by atomic mass is 10.2. The summed E-state index contributed by atoms with van der Waals surface area (Å²) < 4.78 is 12.6. The van der Waals surface area contributed by atoms with Crippen LogP contribution in [-0.2, 0) is 16.0 Å². The van der Waals surface area contributed by atoms with Crippen molar-refractivity contribution in [3.63, 3.8) is 0 Å². The molecule has 0 heterocycles. The standard InChI is InChI=1S/C15H21BrINO3/c1-15(2,3)21-14(19)18(7-8-20-4)10-11-9-12(16)5-6-13(11)17/h5-6,9H,7-8,10H2,1-4H3. The van der Waals surface area contributed by atoms with E-state index in [9.17, 15) is 4.79 Å². The highest BCUT2D eigenvalue weighted by molar-refractivity contribution is 14.1. The van der Waals surface area contributed by atoms with Gasteiger partial charge in [-0.3, -0.25) is 0 Å². The zero-order valence-electron chi connectivity index (χ0n) is 12.8. The van der Waals surface area contributed by atoms with Crippen molar-refractivity contribution < 1.29 is 14.3 Å². The van der Waals surface area contributed by atoms with E-state index in [2.05, 4.69) is 38.5 Å². The molecule has 4 nitrogen and oxygen atoms in total.